The molecule has 0 aliphatic rings. The maximum absolute atomic E-state index is 5.51. The fraction of sp³-hybridized carbons (Fsp3) is 0.250. The molecule has 20 heavy (non-hydrogen) atoms. The fourth-order valence-corrected chi connectivity index (χ4v) is 1.54. The first-order valence-electron chi connectivity index (χ1n) is 6.46. The molecule has 0 saturated carbocycles. The van der Waals surface area contributed by atoms with Crippen molar-refractivity contribution < 1.29 is 0 Å². The summed E-state index contributed by atoms with van der Waals surface area (Å²) in [7, 11) is 8.02. The summed E-state index contributed by atoms with van der Waals surface area (Å²) < 4.78 is 0. The Labute approximate surface area is 121 Å². The second-order valence-corrected chi connectivity index (χ2v) is 4.97. The summed E-state index contributed by atoms with van der Waals surface area (Å²) in [6.07, 6.45) is 0. The fourth-order valence-electron chi connectivity index (χ4n) is 1.54. The van der Waals surface area contributed by atoms with Crippen molar-refractivity contribution in [2.24, 2.45) is 0 Å². The van der Waals surface area contributed by atoms with E-state index in [9.17, 15) is 0 Å². The highest BCUT2D eigenvalue weighted by molar-refractivity contribution is 5.52. The number of anilines is 4. The van der Waals surface area contributed by atoms with E-state index in [4.69, 9.17) is 11.5 Å². The molecule has 2 rings (SSSR count). The van der Waals surface area contributed by atoms with Gasteiger partial charge in [-0.25, -0.2) is 0 Å². The molecule has 0 amide bonds. The molecule has 0 aliphatic heterocycles. The molecule has 0 fully saturated rings. The van der Waals surface area contributed by atoms with Gasteiger partial charge in [-0.15, -0.1) is 0 Å². The van der Waals surface area contributed by atoms with E-state index in [1.165, 1.54) is 11.4 Å². The van der Waals surface area contributed by atoms with E-state index in [0.717, 1.165) is 11.4 Å². The van der Waals surface area contributed by atoms with Crippen molar-refractivity contribution in [3.63, 3.8) is 0 Å². The second kappa shape index (κ2) is 7.28. The molecule has 0 atom stereocenters. The first-order valence-corrected chi connectivity index (χ1v) is 6.46. The Bertz CT molecular complexity index is 452. The summed E-state index contributed by atoms with van der Waals surface area (Å²) in [6, 6.07) is 15.6. The van der Waals surface area contributed by atoms with Gasteiger partial charge in [0.05, 0.1) is 0 Å². The van der Waals surface area contributed by atoms with Gasteiger partial charge < -0.3 is 21.3 Å². The molecule has 0 heterocycles. The van der Waals surface area contributed by atoms with Gasteiger partial charge in [-0.2, -0.15) is 0 Å². The number of benzene rings is 2. The van der Waals surface area contributed by atoms with Crippen LogP contribution in [0.4, 0.5) is 22.7 Å². The SMILES string of the molecule is CN(C)c1ccc(N)cc1.CN(C)c1ccc(N)cc1. The van der Waals surface area contributed by atoms with E-state index in [0.29, 0.717) is 0 Å². The van der Waals surface area contributed by atoms with Crippen LogP contribution in [0, 0.1) is 0 Å². The minimum absolute atomic E-state index is 0.811. The zero-order chi connectivity index (χ0) is 15.1. The lowest BCUT2D eigenvalue weighted by Gasteiger charge is -2.11. The topological polar surface area (TPSA) is 58.5 Å². The highest BCUT2D eigenvalue weighted by atomic mass is 15.1. The average Bonchev–Trinajstić information content (AvgIpc) is 2.40. The molecule has 0 spiro atoms. The zero-order valence-corrected chi connectivity index (χ0v) is 12.7. The molecule has 0 radical (unpaired) electrons. The quantitative estimate of drug-likeness (QED) is 0.825. The number of nitrogen functional groups attached to an aromatic ring is 2. The molecule has 4 nitrogen and oxygen atoms in total. The van der Waals surface area contributed by atoms with Crippen LogP contribution in [0.25, 0.3) is 0 Å². The van der Waals surface area contributed by atoms with Crippen LogP contribution in [-0.2, 0) is 0 Å². The van der Waals surface area contributed by atoms with Gasteiger partial charge in [0.25, 0.3) is 0 Å². The summed E-state index contributed by atoms with van der Waals surface area (Å²) in [4.78, 5) is 4.08. The Morgan fingerprint density at radius 2 is 0.800 bits per heavy atom. The van der Waals surface area contributed by atoms with Gasteiger partial charge in [-0.1, -0.05) is 0 Å². The summed E-state index contributed by atoms with van der Waals surface area (Å²) in [5.41, 5.74) is 15.0. The Balaban J connectivity index is 0.000000200. The molecule has 0 unspecified atom stereocenters. The third-order valence-corrected chi connectivity index (χ3v) is 2.82. The Kier molecular flexibility index (Phi) is 5.72. The second-order valence-electron chi connectivity index (χ2n) is 4.97. The van der Waals surface area contributed by atoms with Gasteiger partial charge >= 0.3 is 0 Å². The van der Waals surface area contributed by atoms with Gasteiger partial charge in [0, 0.05) is 50.9 Å². The summed E-state index contributed by atoms with van der Waals surface area (Å²) in [5, 5.41) is 0. The first-order chi connectivity index (χ1) is 9.40. The smallest absolute Gasteiger partial charge is 0.0362 e. The molecule has 0 aromatic heterocycles. The van der Waals surface area contributed by atoms with Crippen molar-refractivity contribution >= 4 is 22.7 Å². The molecule has 4 N–H and O–H groups in total. The van der Waals surface area contributed by atoms with Crippen LogP contribution < -0.4 is 21.3 Å². The van der Waals surface area contributed by atoms with Crippen LogP contribution in [-0.4, -0.2) is 28.2 Å². The van der Waals surface area contributed by atoms with Crippen LogP contribution in [0.2, 0.25) is 0 Å². The Morgan fingerprint density at radius 3 is 1.00 bits per heavy atom. The highest BCUT2D eigenvalue weighted by Crippen LogP contribution is 2.13. The highest BCUT2D eigenvalue weighted by Gasteiger charge is 1.91. The van der Waals surface area contributed by atoms with Crippen LogP contribution in [0.5, 0.6) is 0 Å². The van der Waals surface area contributed by atoms with E-state index in [2.05, 4.69) is 0 Å². The lowest BCUT2D eigenvalue weighted by Crippen LogP contribution is -2.08. The van der Waals surface area contributed by atoms with Crippen LogP contribution in [0.1, 0.15) is 0 Å². The molecule has 2 aromatic carbocycles. The lowest BCUT2D eigenvalue weighted by molar-refractivity contribution is 1.13. The maximum atomic E-state index is 5.51. The predicted octanol–water partition coefficient (Wildman–Crippen LogP) is 2.67. The van der Waals surface area contributed by atoms with Crippen molar-refractivity contribution in [3.8, 4) is 0 Å². The lowest BCUT2D eigenvalue weighted by atomic mass is 10.3. The van der Waals surface area contributed by atoms with Gasteiger partial charge in [0.15, 0.2) is 0 Å². The third-order valence-electron chi connectivity index (χ3n) is 2.82. The Morgan fingerprint density at radius 1 is 0.550 bits per heavy atom. The van der Waals surface area contributed by atoms with Gasteiger partial charge in [0.1, 0.15) is 0 Å². The molecule has 0 aliphatic carbocycles. The predicted molar refractivity (Wildman–Crippen MR) is 90.4 cm³/mol. The molecular formula is C16H24N4. The standard InChI is InChI=1S/2C8H12N2/c2*1-10(2)8-5-3-7(9)4-6-8/h2*3-6H,9H2,1-2H3. The normalized spacial score (nSPS) is 9.40. The molecule has 108 valence electrons. The van der Waals surface area contributed by atoms with E-state index in [1.807, 2.05) is 86.5 Å². The van der Waals surface area contributed by atoms with E-state index in [-0.39, 0.29) is 0 Å². The van der Waals surface area contributed by atoms with Crippen molar-refractivity contribution in [2.75, 3.05) is 49.5 Å². The molecule has 2 aromatic rings. The van der Waals surface area contributed by atoms with Gasteiger partial charge in [-0.3, -0.25) is 0 Å². The largest absolute Gasteiger partial charge is 0.399 e. The molecule has 4 heteroatoms. The van der Waals surface area contributed by atoms with Crippen LogP contribution in [0.15, 0.2) is 48.5 Å². The monoisotopic (exact) mass is 272 g/mol. The number of hydrogen-bond donors (Lipinski definition) is 2. The van der Waals surface area contributed by atoms with Crippen molar-refractivity contribution in [1.29, 1.82) is 0 Å². The number of hydrogen-bond acceptors (Lipinski definition) is 4. The zero-order valence-electron chi connectivity index (χ0n) is 12.7. The Hall–Kier alpha value is -2.36. The number of nitrogens with two attached hydrogens (primary N) is 2. The van der Waals surface area contributed by atoms with Crippen LogP contribution in [0.3, 0.4) is 0 Å². The molecule has 0 saturated heterocycles. The maximum Gasteiger partial charge on any atom is 0.0362 e. The van der Waals surface area contributed by atoms with Crippen molar-refractivity contribution in [2.45, 2.75) is 0 Å². The number of rotatable bonds is 2. The minimum Gasteiger partial charge on any atom is -0.399 e. The van der Waals surface area contributed by atoms with Gasteiger partial charge in [0.2, 0.25) is 0 Å². The summed E-state index contributed by atoms with van der Waals surface area (Å²) in [5.74, 6) is 0. The molecular weight excluding hydrogens is 248 g/mol. The van der Waals surface area contributed by atoms with E-state index < -0.39 is 0 Å². The van der Waals surface area contributed by atoms with Gasteiger partial charge in [-0.05, 0) is 48.5 Å². The summed E-state index contributed by atoms with van der Waals surface area (Å²) in [6.45, 7) is 0. The van der Waals surface area contributed by atoms with E-state index >= 15 is 0 Å². The third kappa shape index (κ3) is 5.10. The minimum atomic E-state index is 0.811. The number of nitrogens with zero attached hydrogens (tertiary/aromatic N) is 2. The first kappa shape index (κ1) is 15.7. The summed E-state index contributed by atoms with van der Waals surface area (Å²) >= 11 is 0. The van der Waals surface area contributed by atoms with Crippen molar-refractivity contribution in [3.05, 3.63) is 48.5 Å². The van der Waals surface area contributed by atoms with E-state index in [1.54, 1.807) is 0 Å². The average molecular weight is 272 g/mol. The molecule has 0 bridgehead atoms. The van der Waals surface area contributed by atoms with Crippen molar-refractivity contribution in [1.82, 2.24) is 0 Å². The van der Waals surface area contributed by atoms with Crippen LogP contribution >= 0.6 is 0 Å².